The number of nitrogens with zero attached hydrogens (tertiary/aromatic N) is 1. The summed E-state index contributed by atoms with van der Waals surface area (Å²) in [4.78, 5) is 26.3. The van der Waals surface area contributed by atoms with Gasteiger partial charge in [-0.15, -0.1) is 0 Å². The third kappa shape index (κ3) is 3.55. The number of hydrogen-bond acceptors (Lipinski definition) is 2. The molecule has 0 spiro atoms. The first-order chi connectivity index (χ1) is 11.4. The van der Waals surface area contributed by atoms with Crippen LogP contribution in [0.3, 0.4) is 0 Å². The number of anilines is 2. The second kappa shape index (κ2) is 6.83. The number of benzene rings is 2. The molecule has 1 aliphatic heterocycles. The Hall–Kier alpha value is -2.04. The van der Waals surface area contributed by atoms with Crippen LogP contribution in [0.5, 0.6) is 0 Å². The fraction of sp³-hybridized carbons (Fsp3) is 0.222. The lowest BCUT2D eigenvalue weighted by atomic mass is 10.1. The number of carbonyl (C=O) groups is 2. The van der Waals surface area contributed by atoms with E-state index >= 15 is 0 Å². The third-order valence-electron chi connectivity index (χ3n) is 4.03. The molecule has 0 unspecified atom stereocenters. The fourth-order valence-corrected chi connectivity index (χ4v) is 3.14. The van der Waals surface area contributed by atoms with Crippen molar-refractivity contribution in [1.29, 1.82) is 0 Å². The van der Waals surface area contributed by atoms with Crippen LogP contribution >= 0.6 is 23.2 Å². The van der Waals surface area contributed by atoms with E-state index in [0.717, 1.165) is 11.3 Å². The van der Waals surface area contributed by atoms with Crippen molar-refractivity contribution in [2.24, 2.45) is 5.92 Å². The summed E-state index contributed by atoms with van der Waals surface area (Å²) in [6.07, 6.45) is 0.185. The number of aryl methyl sites for hydroxylation is 1. The van der Waals surface area contributed by atoms with Crippen LogP contribution in [-0.2, 0) is 9.59 Å². The van der Waals surface area contributed by atoms with E-state index in [2.05, 4.69) is 5.32 Å². The van der Waals surface area contributed by atoms with Crippen LogP contribution in [-0.4, -0.2) is 18.4 Å². The SMILES string of the molecule is Cc1ccc(N2C[C@H](C(=O)Nc3ccc(Cl)cc3Cl)CC2=O)cc1. The molecule has 1 aliphatic rings. The average molecular weight is 363 g/mol. The Morgan fingerprint density at radius 1 is 1.17 bits per heavy atom. The highest BCUT2D eigenvalue weighted by Gasteiger charge is 2.35. The minimum atomic E-state index is -0.412. The zero-order valence-electron chi connectivity index (χ0n) is 13.1. The average Bonchev–Trinajstić information content (AvgIpc) is 2.93. The lowest BCUT2D eigenvalue weighted by Crippen LogP contribution is -2.28. The van der Waals surface area contributed by atoms with Crippen molar-refractivity contribution in [2.75, 3.05) is 16.8 Å². The number of halogens is 2. The first-order valence-electron chi connectivity index (χ1n) is 7.57. The maximum absolute atomic E-state index is 12.4. The van der Waals surface area contributed by atoms with Gasteiger partial charge in [0.15, 0.2) is 0 Å². The quantitative estimate of drug-likeness (QED) is 0.884. The van der Waals surface area contributed by atoms with Gasteiger partial charge in [0.2, 0.25) is 11.8 Å². The van der Waals surface area contributed by atoms with Crippen LogP contribution in [0.2, 0.25) is 10.0 Å². The fourth-order valence-electron chi connectivity index (χ4n) is 2.68. The van der Waals surface area contributed by atoms with Crippen LogP contribution in [0.25, 0.3) is 0 Å². The van der Waals surface area contributed by atoms with E-state index in [-0.39, 0.29) is 18.2 Å². The molecule has 0 radical (unpaired) electrons. The molecule has 1 N–H and O–H groups in total. The summed E-state index contributed by atoms with van der Waals surface area (Å²) in [6, 6.07) is 12.6. The van der Waals surface area contributed by atoms with Crippen molar-refractivity contribution < 1.29 is 9.59 Å². The van der Waals surface area contributed by atoms with Crippen LogP contribution in [0.15, 0.2) is 42.5 Å². The van der Waals surface area contributed by atoms with Crippen molar-refractivity contribution in [3.8, 4) is 0 Å². The number of amides is 2. The van der Waals surface area contributed by atoms with Crippen LogP contribution in [0.4, 0.5) is 11.4 Å². The minimum absolute atomic E-state index is 0.0544. The lowest BCUT2D eigenvalue weighted by molar-refractivity contribution is -0.122. The summed E-state index contributed by atoms with van der Waals surface area (Å²) in [6.45, 7) is 2.35. The van der Waals surface area contributed by atoms with E-state index in [4.69, 9.17) is 23.2 Å². The molecule has 24 heavy (non-hydrogen) atoms. The molecule has 0 aromatic heterocycles. The summed E-state index contributed by atoms with van der Waals surface area (Å²) in [5.41, 5.74) is 2.43. The normalized spacial score (nSPS) is 17.2. The molecule has 1 heterocycles. The molecule has 0 saturated carbocycles. The molecule has 3 rings (SSSR count). The summed E-state index contributed by atoms with van der Waals surface area (Å²) >= 11 is 11.9. The van der Waals surface area contributed by atoms with Crippen molar-refractivity contribution >= 4 is 46.4 Å². The molecule has 2 amide bonds. The maximum atomic E-state index is 12.4. The third-order valence-corrected chi connectivity index (χ3v) is 4.58. The van der Waals surface area contributed by atoms with Gasteiger partial charge in [-0.2, -0.15) is 0 Å². The van der Waals surface area contributed by atoms with E-state index in [1.165, 1.54) is 0 Å². The van der Waals surface area contributed by atoms with Crippen LogP contribution in [0.1, 0.15) is 12.0 Å². The highest BCUT2D eigenvalue weighted by Crippen LogP contribution is 2.29. The predicted molar refractivity (Wildman–Crippen MR) is 96.7 cm³/mol. The Kier molecular flexibility index (Phi) is 4.78. The Morgan fingerprint density at radius 3 is 2.54 bits per heavy atom. The number of rotatable bonds is 3. The molecule has 1 fully saturated rings. The van der Waals surface area contributed by atoms with Gasteiger partial charge in [0.05, 0.1) is 16.6 Å². The summed E-state index contributed by atoms with van der Waals surface area (Å²) in [7, 11) is 0. The second-order valence-electron chi connectivity index (χ2n) is 5.85. The van der Waals surface area contributed by atoms with Crippen molar-refractivity contribution in [3.63, 3.8) is 0 Å². The molecule has 0 aliphatic carbocycles. The largest absolute Gasteiger partial charge is 0.324 e. The molecule has 1 atom stereocenters. The standard InChI is InChI=1S/C18H16Cl2N2O2/c1-11-2-5-14(6-3-11)22-10-12(8-17(22)23)18(24)21-16-7-4-13(19)9-15(16)20/h2-7,9,12H,8,10H2,1H3,(H,21,24)/t12-/m1/s1. The molecule has 1 saturated heterocycles. The van der Waals surface area contributed by atoms with Crippen molar-refractivity contribution in [2.45, 2.75) is 13.3 Å². The van der Waals surface area contributed by atoms with Gasteiger partial charge in [-0.05, 0) is 37.3 Å². The first-order valence-corrected chi connectivity index (χ1v) is 8.32. The van der Waals surface area contributed by atoms with Crippen molar-refractivity contribution in [3.05, 3.63) is 58.1 Å². The van der Waals surface area contributed by atoms with Gasteiger partial charge in [0.1, 0.15) is 0 Å². The zero-order valence-corrected chi connectivity index (χ0v) is 14.6. The van der Waals surface area contributed by atoms with E-state index in [9.17, 15) is 9.59 Å². The van der Waals surface area contributed by atoms with Gasteiger partial charge in [-0.1, -0.05) is 40.9 Å². The summed E-state index contributed by atoms with van der Waals surface area (Å²) in [5.74, 6) is -0.686. The highest BCUT2D eigenvalue weighted by molar-refractivity contribution is 6.36. The number of hydrogen-bond donors (Lipinski definition) is 1. The Labute approximate surface area is 150 Å². The molecular formula is C18H16Cl2N2O2. The number of carbonyl (C=O) groups excluding carboxylic acids is 2. The molecule has 6 heteroatoms. The second-order valence-corrected chi connectivity index (χ2v) is 6.70. The van der Waals surface area contributed by atoms with Gasteiger partial charge in [0.25, 0.3) is 0 Å². The van der Waals surface area contributed by atoms with Gasteiger partial charge in [0, 0.05) is 23.7 Å². The Bertz CT molecular complexity index is 790. The van der Waals surface area contributed by atoms with Gasteiger partial charge >= 0.3 is 0 Å². The molecule has 2 aromatic rings. The number of nitrogens with one attached hydrogen (secondary N) is 1. The molecule has 0 bridgehead atoms. The van der Waals surface area contributed by atoms with Crippen LogP contribution < -0.4 is 10.2 Å². The van der Waals surface area contributed by atoms with Gasteiger partial charge < -0.3 is 10.2 Å². The van der Waals surface area contributed by atoms with Gasteiger partial charge in [-0.25, -0.2) is 0 Å². The monoisotopic (exact) mass is 362 g/mol. The first kappa shape index (κ1) is 16.8. The lowest BCUT2D eigenvalue weighted by Gasteiger charge is -2.17. The zero-order chi connectivity index (χ0) is 17.3. The van der Waals surface area contributed by atoms with E-state index in [1.807, 2.05) is 31.2 Å². The Balaban J connectivity index is 1.70. The van der Waals surface area contributed by atoms with Gasteiger partial charge in [-0.3, -0.25) is 9.59 Å². The molecular weight excluding hydrogens is 347 g/mol. The van der Waals surface area contributed by atoms with Crippen molar-refractivity contribution in [1.82, 2.24) is 0 Å². The Morgan fingerprint density at radius 2 is 1.88 bits per heavy atom. The minimum Gasteiger partial charge on any atom is -0.324 e. The van der Waals surface area contributed by atoms with E-state index in [0.29, 0.717) is 22.3 Å². The molecule has 124 valence electrons. The highest BCUT2D eigenvalue weighted by atomic mass is 35.5. The maximum Gasteiger partial charge on any atom is 0.229 e. The van der Waals surface area contributed by atoms with E-state index in [1.54, 1.807) is 23.1 Å². The summed E-state index contributed by atoms with van der Waals surface area (Å²) in [5, 5.41) is 3.64. The molecule has 2 aromatic carbocycles. The smallest absolute Gasteiger partial charge is 0.229 e. The van der Waals surface area contributed by atoms with E-state index < -0.39 is 5.92 Å². The molecule has 4 nitrogen and oxygen atoms in total. The predicted octanol–water partition coefficient (Wildman–Crippen LogP) is 4.29. The summed E-state index contributed by atoms with van der Waals surface area (Å²) < 4.78 is 0. The van der Waals surface area contributed by atoms with Crippen LogP contribution in [0, 0.1) is 12.8 Å². The topological polar surface area (TPSA) is 49.4 Å².